The lowest BCUT2D eigenvalue weighted by atomic mass is 9.91. The number of nitrogens with zero attached hydrogens (tertiary/aromatic N) is 2. The molecule has 0 aliphatic heterocycles. The van der Waals surface area contributed by atoms with Crippen molar-refractivity contribution in [2.24, 2.45) is 0 Å². The Morgan fingerprint density at radius 3 is 2.68 bits per heavy atom. The zero-order valence-electron chi connectivity index (χ0n) is 12.0. The van der Waals surface area contributed by atoms with E-state index in [1.54, 1.807) is 22.7 Å². The Bertz CT molecular complexity index is 509. The summed E-state index contributed by atoms with van der Waals surface area (Å²) < 4.78 is 0. The van der Waals surface area contributed by atoms with Crippen LogP contribution in [0.3, 0.4) is 0 Å². The maximum absolute atomic E-state index is 4.83. The van der Waals surface area contributed by atoms with Crippen LogP contribution in [0.2, 0.25) is 0 Å². The topological polar surface area (TPSA) is 37.8 Å². The second-order valence-corrected chi connectivity index (χ2v) is 7.39. The second-order valence-electron chi connectivity index (χ2n) is 5.59. The van der Waals surface area contributed by atoms with Crippen LogP contribution in [0.25, 0.3) is 10.7 Å². The Kier molecular flexibility index (Phi) is 4.71. The van der Waals surface area contributed by atoms with Gasteiger partial charge in [0.15, 0.2) is 0 Å². The number of hydrogen-bond acceptors (Lipinski definition) is 5. The summed E-state index contributed by atoms with van der Waals surface area (Å²) in [6.45, 7) is 10.8. The molecule has 2 rings (SSSR count). The van der Waals surface area contributed by atoms with Crippen molar-refractivity contribution in [1.29, 1.82) is 0 Å². The molecule has 2 aromatic heterocycles. The van der Waals surface area contributed by atoms with Crippen LogP contribution in [0.15, 0.2) is 10.9 Å². The van der Waals surface area contributed by atoms with Crippen LogP contribution in [0.5, 0.6) is 0 Å². The van der Waals surface area contributed by atoms with E-state index in [0.29, 0.717) is 0 Å². The average molecular weight is 295 g/mol. The van der Waals surface area contributed by atoms with Gasteiger partial charge in [0.05, 0.1) is 11.2 Å². The van der Waals surface area contributed by atoms with E-state index in [-0.39, 0.29) is 5.41 Å². The van der Waals surface area contributed by atoms with E-state index in [2.05, 4.69) is 43.4 Å². The molecule has 0 radical (unpaired) electrons. The molecule has 2 heterocycles. The highest BCUT2D eigenvalue weighted by Gasteiger charge is 2.23. The zero-order valence-corrected chi connectivity index (χ0v) is 13.6. The fourth-order valence-corrected chi connectivity index (χ4v) is 3.68. The molecule has 0 fully saturated rings. The van der Waals surface area contributed by atoms with Gasteiger partial charge in [0.2, 0.25) is 0 Å². The van der Waals surface area contributed by atoms with E-state index in [4.69, 9.17) is 4.98 Å². The first-order chi connectivity index (χ1) is 9.02. The summed E-state index contributed by atoms with van der Waals surface area (Å²) in [6, 6.07) is 0. The summed E-state index contributed by atoms with van der Waals surface area (Å²) in [5.41, 5.74) is 4.14. The van der Waals surface area contributed by atoms with Crippen molar-refractivity contribution < 1.29 is 0 Å². The molecule has 0 atom stereocenters. The fourth-order valence-electron chi connectivity index (χ4n) is 1.86. The SMILES string of the molecule is CCCNCc1sc(-c2cscn2)nc1C(C)(C)C. The summed E-state index contributed by atoms with van der Waals surface area (Å²) in [6.07, 6.45) is 1.16. The lowest BCUT2D eigenvalue weighted by Crippen LogP contribution is -2.19. The third-order valence-corrected chi connectivity index (χ3v) is 4.44. The van der Waals surface area contributed by atoms with E-state index < -0.39 is 0 Å². The molecule has 3 nitrogen and oxygen atoms in total. The van der Waals surface area contributed by atoms with Crippen LogP contribution in [0.4, 0.5) is 0 Å². The molecule has 5 heteroatoms. The highest BCUT2D eigenvalue weighted by Crippen LogP contribution is 2.34. The zero-order chi connectivity index (χ0) is 13.9. The van der Waals surface area contributed by atoms with Gasteiger partial charge >= 0.3 is 0 Å². The minimum Gasteiger partial charge on any atom is -0.312 e. The Morgan fingerprint density at radius 1 is 1.32 bits per heavy atom. The number of hydrogen-bond donors (Lipinski definition) is 1. The average Bonchev–Trinajstić information content (AvgIpc) is 2.96. The molecule has 0 spiro atoms. The first kappa shape index (κ1) is 14.6. The van der Waals surface area contributed by atoms with Gasteiger partial charge in [-0.3, -0.25) is 0 Å². The molecule has 0 aromatic carbocycles. The van der Waals surface area contributed by atoms with E-state index in [1.807, 2.05) is 5.51 Å². The van der Waals surface area contributed by atoms with Crippen molar-refractivity contribution in [2.45, 2.75) is 46.1 Å². The van der Waals surface area contributed by atoms with Gasteiger partial charge in [-0.1, -0.05) is 27.7 Å². The molecule has 2 aromatic rings. The Labute approximate surface area is 123 Å². The van der Waals surface area contributed by atoms with Gasteiger partial charge in [0, 0.05) is 22.2 Å². The Morgan fingerprint density at radius 2 is 2.11 bits per heavy atom. The van der Waals surface area contributed by atoms with Gasteiger partial charge in [-0.05, 0) is 13.0 Å². The molecule has 19 heavy (non-hydrogen) atoms. The van der Waals surface area contributed by atoms with Gasteiger partial charge in [0.25, 0.3) is 0 Å². The largest absolute Gasteiger partial charge is 0.312 e. The standard InChI is InChI=1S/C14H21N3S2/c1-5-6-15-7-11-12(14(2,3)4)17-13(19-11)10-8-18-9-16-10/h8-9,15H,5-7H2,1-4H3. The van der Waals surface area contributed by atoms with Crippen molar-refractivity contribution in [2.75, 3.05) is 6.54 Å². The van der Waals surface area contributed by atoms with Crippen molar-refractivity contribution in [3.63, 3.8) is 0 Å². The molecular formula is C14H21N3S2. The van der Waals surface area contributed by atoms with E-state index in [9.17, 15) is 0 Å². The summed E-state index contributed by atoms with van der Waals surface area (Å²) in [7, 11) is 0. The van der Waals surface area contributed by atoms with Gasteiger partial charge in [-0.2, -0.15) is 0 Å². The third-order valence-electron chi connectivity index (χ3n) is 2.77. The lowest BCUT2D eigenvalue weighted by molar-refractivity contribution is 0.559. The van der Waals surface area contributed by atoms with E-state index >= 15 is 0 Å². The minimum atomic E-state index is 0.0774. The lowest BCUT2D eigenvalue weighted by Gasteiger charge is -2.17. The Balaban J connectivity index is 2.29. The van der Waals surface area contributed by atoms with Gasteiger partial charge in [-0.15, -0.1) is 22.7 Å². The molecule has 0 amide bonds. The molecule has 0 bridgehead atoms. The van der Waals surface area contributed by atoms with E-state index in [1.165, 1.54) is 10.6 Å². The first-order valence-corrected chi connectivity index (χ1v) is 8.37. The fraction of sp³-hybridized carbons (Fsp3) is 0.571. The van der Waals surface area contributed by atoms with Crippen LogP contribution in [-0.4, -0.2) is 16.5 Å². The van der Waals surface area contributed by atoms with Crippen LogP contribution >= 0.6 is 22.7 Å². The molecule has 1 N–H and O–H groups in total. The number of rotatable bonds is 5. The normalized spacial score (nSPS) is 12.0. The van der Waals surface area contributed by atoms with Crippen LogP contribution < -0.4 is 5.32 Å². The third kappa shape index (κ3) is 3.61. The van der Waals surface area contributed by atoms with Crippen molar-refractivity contribution in [1.82, 2.24) is 15.3 Å². The highest BCUT2D eigenvalue weighted by molar-refractivity contribution is 7.15. The van der Waals surface area contributed by atoms with Gasteiger partial charge in [-0.25, -0.2) is 9.97 Å². The predicted octanol–water partition coefficient (Wildman–Crippen LogP) is 4.06. The predicted molar refractivity (Wildman–Crippen MR) is 83.9 cm³/mol. The van der Waals surface area contributed by atoms with Gasteiger partial charge in [0.1, 0.15) is 10.7 Å². The van der Waals surface area contributed by atoms with Crippen molar-refractivity contribution >= 4 is 22.7 Å². The Hall–Kier alpha value is -0.780. The van der Waals surface area contributed by atoms with E-state index in [0.717, 1.165) is 30.2 Å². The number of aromatic nitrogens is 2. The highest BCUT2D eigenvalue weighted by atomic mass is 32.1. The maximum Gasteiger partial charge on any atom is 0.143 e. The molecule has 0 aliphatic rings. The first-order valence-electron chi connectivity index (χ1n) is 6.62. The summed E-state index contributed by atoms with van der Waals surface area (Å²) in [5, 5.41) is 6.58. The second kappa shape index (κ2) is 6.11. The molecular weight excluding hydrogens is 274 g/mol. The number of nitrogens with one attached hydrogen (secondary N) is 1. The molecule has 0 unspecified atom stereocenters. The smallest absolute Gasteiger partial charge is 0.143 e. The monoisotopic (exact) mass is 295 g/mol. The number of thiazole rings is 2. The quantitative estimate of drug-likeness (QED) is 0.845. The minimum absolute atomic E-state index is 0.0774. The van der Waals surface area contributed by atoms with Crippen molar-refractivity contribution in [3.05, 3.63) is 21.5 Å². The van der Waals surface area contributed by atoms with Gasteiger partial charge < -0.3 is 5.32 Å². The molecule has 0 saturated heterocycles. The van der Waals surface area contributed by atoms with Crippen LogP contribution in [0, 0.1) is 0 Å². The molecule has 0 aliphatic carbocycles. The molecule has 0 saturated carbocycles. The summed E-state index contributed by atoms with van der Waals surface area (Å²) in [4.78, 5) is 10.5. The van der Waals surface area contributed by atoms with Crippen LogP contribution in [-0.2, 0) is 12.0 Å². The molecule has 104 valence electrons. The van der Waals surface area contributed by atoms with Crippen LogP contribution in [0.1, 0.15) is 44.7 Å². The van der Waals surface area contributed by atoms with Crippen molar-refractivity contribution in [3.8, 4) is 10.7 Å². The summed E-state index contributed by atoms with van der Waals surface area (Å²) in [5.74, 6) is 0. The maximum atomic E-state index is 4.83. The summed E-state index contributed by atoms with van der Waals surface area (Å²) >= 11 is 3.38.